The zero-order valence-corrected chi connectivity index (χ0v) is 13.2. The molecule has 23 heavy (non-hydrogen) atoms. The minimum Gasteiger partial charge on any atom is -0.508 e. The molecule has 5 nitrogen and oxygen atoms in total. The summed E-state index contributed by atoms with van der Waals surface area (Å²) in [6.45, 7) is 4.08. The van der Waals surface area contributed by atoms with Crippen molar-refractivity contribution >= 4 is 6.21 Å². The Labute approximate surface area is 135 Å². The quantitative estimate of drug-likeness (QED) is 0.716. The number of benzene rings is 2. The molecule has 0 unspecified atom stereocenters. The maximum absolute atomic E-state index is 10.3. The lowest BCUT2D eigenvalue weighted by molar-refractivity contribution is 0.154. The zero-order chi connectivity index (χ0) is 16.8. The first-order valence-corrected chi connectivity index (χ1v) is 7.48. The van der Waals surface area contributed by atoms with Gasteiger partial charge in [-0.05, 0) is 43.7 Å². The second kappa shape index (κ2) is 7.65. The van der Waals surface area contributed by atoms with Crippen molar-refractivity contribution in [3.05, 3.63) is 53.6 Å². The summed E-state index contributed by atoms with van der Waals surface area (Å²) in [6, 6.07) is 11.1. The fourth-order valence-corrected chi connectivity index (χ4v) is 2.14. The number of aliphatic hydroxyl groups is 1. The van der Waals surface area contributed by atoms with Gasteiger partial charge in [-0.3, -0.25) is 4.99 Å². The van der Waals surface area contributed by atoms with Gasteiger partial charge in [0, 0.05) is 11.8 Å². The third-order valence-electron chi connectivity index (χ3n) is 3.47. The number of hydrogen-bond acceptors (Lipinski definition) is 5. The Morgan fingerprint density at radius 3 is 2.48 bits per heavy atom. The number of rotatable bonds is 6. The molecule has 0 saturated carbocycles. The largest absolute Gasteiger partial charge is 0.508 e. The van der Waals surface area contributed by atoms with Crippen molar-refractivity contribution in [3.8, 4) is 17.2 Å². The highest BCUT2D eigenvalue weighted by molar-refractivity contribution is 5.84. The Morgan fingerprint density at radius 2 is 1.83 bits per heavy atom. The minimum absolute atomic E-state index is 0.0319. The highest BCUT2D eigenvalue weighted by Gasteiger charge is 2.15. The van der Waals surface area contributed by atoms with E-state index in [1.807, 2.05) is 6.92 Å². The first kappa shape index (κ1) is 16.8. The number of ether oxygens (including phenoxy) is 1. The van der Waals surface area contributed by atoms with Crippen molar-refractivity contribution in [2.24, 2.45) is 4.99 Å². The van der Waals surface area contributed by atoms with Crippen LogP contribution in [0.4, 0.5) is 0 Å². The van der Waals surface area contributed by atoms with Crippen molar-refractivity contribution in [2.75, 3.05) is 6.61 Å². The van der Waals surface area contributed by atoms with Gasteiger partial charge in [-0.25, -0.2) is 0 Å². The molecule has 0 aromatic heterocycles. The van der Waals surface area contributed by atoms with Crippen LogP contribution in [0.1, 0.15) is 31.1 Å². The number of nitrogens with zero attached hydrogens (tertiary/aromatic N) is 1. The van der Waals surface area contributed by atoms with Crippen LogP contribution in [0.5, 0.6) is 17.2 Å². The summed E-state index contributed by atoms with van der Waals surface area (Å²) in [5.41, 5.74) is 1.19. The smallest absolute Gasteiger partial charge is 0.166 e. The lowest BCUT2D eigenvalue weighted by Crippen LogP contribution is -2.12. The van der Waals surface area contributed by atoms with Crippen LogP contribution in [0.15, 0.2) is 47.5 Å². The molecule has 2 aromatic carbocycles. The molecule has 2 atom stereocenters. The van der Waals surface area contributed by atoms with E-state index in [1.54, 1.807) is 37.3 Å². The van der Waals surface area contributed by atoms with Crippen LogP contribution < -0.4 is 4.74 Å². The summed E-state index contributed by atoms with van der Waals surface area (Å²) in [6.07, 6.45) is 0.718. The SMILES string of the molecule is CCOc1cccc(C=N[C@H](C)[C@H](O)c2ccc(O)cc2)c1O. The average Bonchev–Trinajstić information content (AvgIpc) is 2.55. The van der Waals surface area contributed by atoms with Crippen LogP contribution in [0.3, 0.4) is 0 Å². The van der Waals surface area contributed by atoms with E-state index in [4.69, 9.17) is 4.74 Å². The van der Waals surface area contributed by atoms with E-state index in [0.717, 1.165) is 0 Å². The fourth-order valence-electron chi connectivity index (χ4n) is 2.14. The van der Waals surface area contributed by atoms with Crippen LogP contribution >= 0.6 is 0 Å². The second-order valence-corrected chi connectivity index (χ2v) is 5.18. The van der Waals surface area contributed by atoms with Gasteiger partial charge < -0.3 is 20.1 Å². The number of phenols is 2. The molecule has 3 N–H and O–H groups in total. The van der Waals surface area contributed by atoms with Crippen LogP contribution in [0.25, 0.3) is 0 Å². The van der Waals surface area contributed by atoms with Crippen molar-refractivity contribution < 1.29 is 20.1 Å². The van der Waals surface area contributed by atoms with Crippen molar-refractivity contribution in [1.82, 2.24) is 0 Å². The summed E-state index contributed by atoms with van der Waals surface area (Å²) in [4.78, 5) is 4.30. The molecule has 0 radical (unpaired) electrons. The van der Waals surface area contributed by atoms with Gasteiger partial charge in [0.1, 0.15) is 11.9 Å². The van der Waals surface area contributed by atoms with E-state index in [9.17, 15) is 15.3 Å². The predicted molar refractivity (Wildman–Crippen MR) is 89.4 cm³/mol. The van der Waals surface area contributed by atoms with Gasteiger partial charge in [0.2, 0.25) is 0 Å². The average molecular weight is 315 g/mol. The first-order valence-electron chi connectivity index (χ1n) is 7.48. The van der Waals surface area contributed by atoms with Gasteiger partial charge in [0.05, 0.1) is 12.6 Å². The minimum atomic E-state index is -0.802. The number of aliphatic hydroxyl groups excluding tert-OH is 1. The number of aliphatic imine (C=N–C) groups is 1. The van der Waals surface area contributed by atoms with Crippen LogP contribution in [0, 0.1) is 0 Å². The summed E-state index contributed by atoms with van der Waals surface area (Å²) in [5.74, 6) is 0.586. The van der Waals surface area contributed by atoms with Gasteiger partial charge in [-0.2, -0.15) is 0 Å². The van der Waals surface area contributed by atoms with Crippen LogP contribution in [0.2, 0.25) is 0 Å². The number of aromatic hydroxyl groups is 2. The lowest BCUT2D eigenvalue weighted by atomic mass is 10.0. The predicted octanol–water partition coefficient (Wildman–Crippen LogP) is 3.04. The summed E-state index contributed by atoms with van der Waals surface area (Å²) < 4.78 is 5.33. The van der Waals surface area contributed by atoms with Gasteiger partial charge in [0.15, 0.2) is 11.5 Å². The molecule has 0 saturated heterocycles. The Balaban J connectivity index is 2.13. The third-order valence-corrected chi connectivity index (χ3v) is 3.47. The molecule has 2 rings (SSSR count). The molecule has 0 amide bonds. The van der Waals surface area contributed by atoms with Crippen LogP contribution in [-0.2, 0) is 0 Å². The summed E-state index contributed by atoms with van der Waals surface area (Å²) in [5, 5.41) is 29.7. The lowest BCUT2D eigenvalue weighted by Gasteiger charge is -2.15. The van der Waals surface area contributed by atoms with Crippen molar-refractivity contribution in [3.63, 3.8) is 0 Å². The molecule has 0 heterocycles. The molecule has 0 bridgehead atoms. The van der Waals surface area contributed by atoms with E-state index in [-0.39, 0.29) is 11.5 Å². The standard InChI is InChI=1S/C18H21NO4/c1-3-23-16-6-4-5-14(18(16)22)11-19-12(2)17(21)13-7-9-15(20)10-8-13/h4-12,17,20-22H,3H2,1-2H3/t12-,17+/m1/s1. The third kappa shape index (κ3) is 4.23. The molecule has 0 spiro atoms. The van der Waals surface area contributed by atoms with Gasteiger partial charge in [-0.15, -0.1) is 0 Å². The molecule has 5 heteroatoms. The van der Waals surface area contributed by atoms with Gasteiger partial charge in [-0.1, -0.05) is 18.2 Å². The Morgan fingerprint density at radius 1 is 1.13 bits per heavy atom. The monoisotopic (exact) mass is 315 g/mol. The van der Waals surface area contributed by atoms with Crippen molar-refractivity contribution in [1.29, 1.82) is 0 Å². The maximum atomic E-state index is 10.3. The van der Waals surface area contributed by atoms with E-state index in [1.165, 1.54) is 18.3 Å². The van der Waals surface area contributed by atoms with Crippen molar-refractivity contribution in [2.45, 2.75) is 26.0 Å². The Hall–Kier alpha value is -2.53. The Kier molecular flexibility index (Phi) is 5.60. The molecule has 0 aliphatic rings. The first-order chi connectivity index (χ1) is 11.0. The van der Waals surface area contributed by atoms with Gasteiger partial charge in [0.25, 0.3) is 0 Å². The fraction of sp³-hybridized carbons (Fsp3) is 0.278. The van der Waals surface area contributed by atoms with E-state index in [2.05, 4.69) is 4.99 Å². The molecule has 0 aliphatic heterocycles. The second-order valence-electron chi connectivity index (χ2n) is 5.18. The van der Waals surface area contributed by atoms with Crippen LogP contribution in [-0.4, -0.2) is 34.2 Å². The molecule has 0 fully saturated rings. The van der Waals surface area contributed by atoms with E-state index in [0.29, 0.717) is 23.5 Å². The molecule has 122 valence electrons. The highest BCUT2D eigenvalue weighted by atomic mass is 16.5. The highest BCUT2D eigenvalue weighted by Crippen LogP contribution is 2.29. The molecular weight excluding hydrogens is 294 g/mol. The van der Waals surface area contributed by atoms with E-state index >= 15 is 0 Å². The summed E-state index contributed by atoms with van der Waals surface area (Å²) in [7, 11) is 0. The number of phenolic OH excluding ortho intramolecular Hbond substituents is 2. The van der Waals surface area contributed by atoms with E-state index < -0.39 is 12.1 Å². The Bertz CT molecular complexity index is 667. The molecule has 0 aliphatic carbocycles. The normalized spacial score (nSPS) is 13.9. The molecular formula is C18H21NO4. The topological polar surface area (TPSA) is 82.3 Å². The zero-order valence-electron chi connectivity index (χ0n) is 13.2. The summed E-state index contributed by atoms with van der Waals surface area (Å²) >= 11 is 0. The number of para-hydroxylation sites is 1. The maximum Gasteiger partial charge on any atom is 0.166 e. The van der Waals surface area contributed by atoms with Gasteiger partial charge >= 0.3 is 0 Å². The molecule has 2 aromatic rings. The number of hydrogen-bond donors (Lipinski definition) is 3.